The topological polar surface area (TPSA) is 66.8 Å². The number of alkyl halides is 2. The summed E-state index contributed by atoms with van der Waals surface area (Å²) in [7, 11) is 0. The number of halogens is 2. The number of carbonyl (C=O) groups is 2. The number of carboxylic acid groups (broad SMARTS) is 1. The molecule has 5 nitrogen and oxygen atoms in total. The van der Waals surface area contributed by atoms with Crippen LogP contribution in [0.3, 0.4) is 0 Å². The summed E-state index contributed by atoms with van der Waals surface area (Å²) in [5, 5.41) is 9.19. The van der Waals surface area contributed by atoms with E-state index in [2.05, 4.69) is 0 Å². The average molecular weight is 291 g/mol. The summed E-state index contributed by atoms with van der Waals surface area (Å²) >= 11 is 0. The van der Waals surface area contributed by atoms with Gasteiger partial charge in [-0.2, -0.15) is 0 Å². The molecule has 114 valence electrons. The second kappa shape index (κ2) is 5.18. The summed E-state index contributed by atoms with van der Waals surface area (Å²) in [6.07, 6.45) is -0.892. The fourth-order valence-electron chi connectivity index (χ4n) is 3.21. The number of esters is 1. The van der Waals surface area contributed by atoms with Crippen molar-refractivity contribution in [1.29, 1.82) is 0 Å². The van der Waals surface area contributed by atoms with Gasteiger partial charge in [-0.1, -0.05) is 0 Å². The Hall–Kier alpha value is -1.40. The van der Waals surface area contributed by atoms with Gasteiger partial charge in [-0.05, 0) is 31.6 Å². The minimum atomic E-state index is -2.67. The van der Waals surface area contributed by atoms with Gasteiger partial charge in [-0.15, -0.1) is 0 Å². The van der Waals surface area contributed by atoms with Gasteiger partial charge in [-0.3, -0.25) is 4.90 Å². The number of hydrogen-bond acceptors (Lipinski definition) is 3. The summed E-state index contributed by atoms with van der Waals surface area (Å²) in [6, 6.07) is -0.862. The molecule has 2 aliphatic rings. The van der Waals surface area contributed by atoms with E-state index >= 15 is 0 Å². The van der Waals surface area contributed by atoms with Crippen LogP contribution in [0.25, 0.3) is 0 Å². The Morgan fingerprint density at radius 2 is 1.90 bits per heavy atom. The van der Waals surface area contributed by atoms with Crippen molar-refractivity contribution >= 4 is 12.1 Å². The van der Waals surface area contributed by atoms with Crippen LogP contribution in [0.2, 0.25) is 0 Å². The maximum atomic E-state index is 13.3. The Morgan fingerprint density at radius 3 is 2.40 bits per heavy atom. The van der Waals surface area contributed by atoms with E-state index in [-0.39, 0.29) is 45.3 Å². The fourth-order valence-corrected chi connectivity index (χ4v) is 3.21. The van der Waals surface area contributed by atoms with Crippen molar-refractivity contribution in [2.45, 2.75) is 51.0 Å². The summed E-state index contributed by atoms with van der Waals surface area (Å²) in [6.45, 7) is 1.96. The monoisotopic (exact) mass is 291 g/mol. The first kappa shape index (κ1) is 15.0. The number of likely N-dealkylation sites (tertiary alicyclic amines) is 1. The molecular weight excluding hydrogens is 272 g/mol. The second-order valence-corrected chi connectivity index (χ2v) is 5.74. The molecule has 0 aromatic carbocycles. The Kier molecular flexibility index (Phi) is 3.88. The largest absolute Gasteiger partial charge is 0.465 e. The molecule has 1 aliphatic carbocycles. The molecule has 0 bridgehead atoms. The highest BCUT2D eigenvalue weighted by Gasteiger charge is 2.53. The van der Waals surface area contributed by atoms with Crippen LogP contribution in [0.15, 0.2) is 0 Å². The van der Waals surface area contributed by atoms with Crippen molar-refractivity contribution in [3.63, 3.8) is 0 Å². The first-order valence-corrected chi connectivity index (χ1v) is 6.83. The van der Waals surface area contributed by atoms with Crippen molar-refractivity contribution in [3.05, 3.63) is 0 Å². The van der Waals surface area contributed by atoms with Crippen LogP contribution in [0.4, 0.5) is 13.6 Å². The zero-order chi connectivity index (χ0) is 15.0. The second-order valence-electron chi connectivity index (χ2n) is 5.74. The molecule has 2 fully saturated rings. The van der Waals surface area contributed by atoms with Crippen LogP contribution in [0.5, 0.6) is 0 Å². The van der Waals surface area contributed by atoms with Crippen molar-refractivity contribution in [1.82, 2.24) is 4.90 Å². The van der Waals surface area contributed by atoms with Gasteiger partial charge in [0.15, 0.2) is 0 Å². The van der Waals surface area contributed by atoms with Crippen LogP contribution in [0.1, 0.15) is 39.0 Å². The summed E-state index contributed by atoms with van der Waals surface area (Å²) < 4.78 is 31.4. The highest BCUT2D eigenvalue weighted by atomic mass is 19.3. The van der Waals surface area contributed by atoms with Crippen LogP contribution in [-0.2, 0) is 9.53 Å². The molecule has 2 rings (SSSR count). The van der Waals surface area contributed by atoms with Gasteiger partial charge < -0.3 is 9.84 Å². The molecule has 0 radical (unpaired) electrons. The van der Waals surface area contributed by atoms with Gasteiger partial charge in [0.2, 0.25) is 5.92 Å². The maximum absolute atomic E-state index is 13.3. The standard InChI is InChI=1S/C13H19F2NO4/c1-2-20-10(17)9-7-12(8-16(9)11(18)19)3-5-13(14,15)6-4-12/h9H,2-8H2,1H3,(H,18,19)/t9-/m0/s1. The van der Waals surface area contributed by atoms with E-state index in [0.717, 1.165) is 4.90 Å². The Morgan fingerprint density at radius 1 is 1.30 bits per heavy atom. The third-order valence-electron chi connectivity index (χ3n) is 4.35. The van der Waals surface area contributed by atoms with Gasteiger partial charge in [0.25, 0.3) is 0 Å². The minimum absolute atomic E-state index is 0.141. The van der Waals surface area contributed by atoms with E-state index in [1.54, 1.807) is 6.92 Å². The first-order valence-electron chi connectivity index (χ1n) is 6.83. The third kappa shape index (κ3) is 2.86. The number of hydrogen-bond donors (Lipinski definition) is 1. The van der Waals surface area contributed by atoms with Crippen molar-refractivity contribution in [2.75, 3.05) is 13.2 Å². The molecule has 0 aromatic rings. The zero-order valence-electron chi connectivity index (χ0n) is 11.4. The van der Waals surface area contributed by atoms with E-state index in [4.69, 9.17) is 4.74 Å². The van der Waals surface area contributed by atoms with Crippen LogP contribution >= 0.6 is 0 Å². The van der Waals surface area contributed by atoms with Crippen molar-refractivity contribution in [3.8, 4) is 0 Å². The molecular formula is C13H19F2NO4. The molecule has 0 aromatic heterocycles. The predicted molar refractivity (Wildman–Crippen MR) is 65.6 cm³/mol. The maximum Gasteiger partial charge on any atom is 0.408 e. The zero-order valence-corrected chi connectivity index (χ0v) is 11.4. The molecule has 20 heavy (non-hydrogen) atoms. The molecule has 1 N–H and O–H groups in total. The smallest absolute Gasteiger partial charge is 0.408 e. The lowest BCUT2D eigenvalue weighted by Gasteiger charge is -2.36. The Labute approximate surface area is 115 Å². The van der Waals surface area contributed by atoms with E-state index in [0.29, 0.717) is 0 Å². The Balaban J connectivity index is 2.12. The van der Waals surface area contributed by atoms with Crippen molar-refractivity contribution < 1.29 is 28.2 Å². The normalized spacial score (nSPS) is 27.6. The molecule has 1 saturated heterocycles. The summed E-state index contributed by atoms with van der Waals surface area (Å²) in [5.41, 5.74) is -0.502. The molecule has 1 spiro atoms. The highest BCUT2D eigenvalue weighted by Crippen LogP contribution is 2.50. The lowest BCUT2D eigenvalue weighted by Crippen LogP contribution is -2.41. The summed E-state index contributed by atoms with van der Waals surface area (Å²) in [4.78, 5) is 24.1. The number of carbonyl (C=O) groups excluding carboxylic acids is 1. The molecule has 1 aliphatic heterocycles. The summed E-state index contributed by atoms with van der Waals surface area (Å²) in [5.74, 6) is -3.24. The number of ether oxygens (including phenoxy) is 1. The number of amides is 1. The van der Waals surface area contributed by atoms with E-state index in [9.17, 15) is 23.5 Å². The van der Waals surface area contributed by atoms with Gasteiger partial charge in [0.1, 0.15) is 6.04 Å². The van der Waals surface area contributed by atoms with Gasteiger partial charge >= 0.3 is 12.1 Å². The van der Waals surface area contributed by atoms with Gasteiger partial charge in [0, 0.05) is 19.4 Å². The van der Waals surface area contributed by atoms with Crippen molar-refractivity contribution in [2.24, 2.45) is 5.41 Å². The SMILES string of the molecule is CCOC(=O)[C@@H]1CC2(CCC(F)(F)CC2)CN1C(=O)O. The Bertz CT molecular complexity index is 403. The minimum Gasteiger partial charge on any atom is -0.465 e. The van der Waals surface area contributed by atoms with E-state index in [1.807, 2.05) is 0 Å². The molecule has 1 amide bonds. The lowest BCUT2D eigenvalue weighted by atomic mass is 9.71. The molecule has 1 atom stereocenters. The fraction of sp³-hybridized carbons (Fsp3) is 0.846. The van der Waals surface area contributed by atoms with Gasteiger partial charge in [0.05, 0.1) is 6.61 Å². The quantitative estimate of drug-likeness (QED) is 0.794. The van der Waals surface area contributed by atoms with E-state index in [1.165, 1.54) is 0 Å². The number of nitrogens with zero attached hydrogens (tertiary/aromatic N) is 1. The van der Waals surface area contributed by atoms with Crippen LogP contribution < -0.4 is 0 Å². The average Bonchev–Trinajstić information content (AvgIpc) is 2.75. The molecule has 1 saturated carbocycles. The first-order chi connectivity index (χ1) is 9.29. The predicted octanol–water partition coefficient (Wildman–Crippen LogP) is 2.50. The highest BCUT2D eigenvalue weighted by molar-refractivity contribution is 5.81. The molecule has 7 heteroatoms. The lowest BCUT2D eigenvalue weighted by molar-refractivity contribution is -0.147. The van der Waals surface area contributed by atoms with Gasteiger partial charge in [-0.25, -0.2) is 18.4 Å². The number of rotatable bonds is 2. The molecule has 1 heterocycles. The molecule has 0 unspecified atom stereocenters. The van der Waals surface area contributed by atoms with Crippen LogP contribution in [0, 0.1) is 5.41 Å². The van der Waals surface area contributed by atoms with Crippen LogP contribution in [-0.4, -0.2) is 47.2 Å². The van der Waals surface area contributed by atoms with E-state index < -0.39 is 29.4 Å². The third-order valence-corrected chi connectivity index (χ3v) is 4.35.